The van der Waals surface area contributed by atoms with Gasteiger partial charge in [0, 0.05) is 5.56 Å². The van der Waals surface area contributed by atoms with E-state index in [1.54, 1.807) is 0 Å². The summed E-state index contributed by atoms with van der Waals surface area (Å²) < 4.78 is 0. The molecule has 5 nitrogen and oxygen atoms in total. The minimum absolute atomic E-state index is 0.0143. The zero-order chi connectivity index (χ0) is 12.3. The highest BCUT2D eigenvalue weighted by atomic mass is 16.4. The minimum Gasteiger partial charge on any atom is -0.409 e. The van der Waals surface area contributed by atoms with Gasteiger partial charge in [0.05, 0.1) is 6.54 Å². The zero-order valence-corrected chi connectivity index (χ0v) is 9.44. The third kappa shape index (κ3) is 2.55. The Balaban J connectivity index is 2.05. The molecule has 1 aromatic rings. The molecule has 0 saturated heterocycles. The molecule has 0 heterocycles. The first-order valence-corrected chi connectivity index (χ1v) is 5.57. The smallest absolute Gasteiger partial charge is 0.251 e. The average Bonchev–Trinajstić information content (AvgIpc) is 2.82. The van der Waals surface area contributed by atoms with Crippen molar-refractivity contribution in [3.63, 3.8) is 0 Å². The maximum Gasteiger partial charge on any atom is 0.251 e. The van der Waals surface area contributed by atoms with E-state index in [0.29, 0.717) is 5.56 Å². The summed E-state index contributed by atoms with van der Waals surface area (Å²) in [5.74, 6) is -0.217. The number of rotatable bonds is 3. The summed E-state index contributed by atoms with van der Waals surface area (Å²) in [6.45, 7) is 0.0480. The molecule has 0 saturated carbocycles. The number of carbonyl (C=O) groups is 1. The molecular weight excluding hydrogens is 218 g/mol. The molecule has 0 aromatic heterocycles. The van der Waals surface area contributed by atoms with Crippen LogP contribution in [-0.4, -0.2) is 23.5 Å². The van der Waals surface area contributed by atoms with Crippen LogP contribution < -0.4 is 11.1 Å². The number of fused-ring (bicyclic) bond motifs is 1. The number of nitrogens with two attached hydrogens (primary N) is 1. The highest BCUT2D eigenvalue weighted by molar-refractivity contribution is 5.97. The van der Waals surface area contributed by atoms with E-state index in [4.69, 9.17) is 10.9 Å². The van der Waals surface area contributed by atoms with Crippen LogP contribution in [0.5, 0.6) is 0 Å². The van der Waals surface area contributed by atoms with Crippen LogP contribution in [0.4, 0.5) is 0 Å². The van der Waals surface area contributed by atoms with Crippen LogP contribution in [0.15, 0.2) is 23.4 Å². The van der Waals surface area contributed by atoms with Gasteiger partial charge in [-0.2, -0.15) is 0 Å². The Kier molecular flexibility index (Phi) is 3.27. The lowest BCUT2D eigenvalue weighted by Crippen LogP contribution is -2.33. The lowest BCUT2D eigenvalue weighted by molar-refractivity contribution is 0.0959. The third-order valence-electron chi connectivity index (χ3n) is 2.92. The highest BCUT2D eigenvalue weighted by Crippen LogP contribution is 2.22. The standard InChI is InChI=1S/C12H15N3O2/c13-11(15-17)7-14-12(16)10-5-4-8-2-1-3-9(8)6-10/h4-6,17H,1-3,7H2,(H2,13,15)(H,14,16). The van der Waals surface area contributed by atoms with Crippen LogP contribution in [-0.2, 0) is 12.8 Å². The monoisotopic (exact) mass is 233 g/mol. The summed E-state index contributed by atoms with van der Waals surface area (Å²) in [5, 5.41) is 13.7. The maximum atomic E-state index is 11.8. The molecule has 0 bridgehead atoms. The van der Waals surface area contributed by atoms with E-state index in [9.17, 15) is 4.79 Å². The fourth-order valence-corrected chi connectivity index (χ4v) is 2.02. The van der Waals surface area contributed by atoms with E-state index >= 15 is 0 Å². The Morgan fingerprint density at radius 2 is 2.18 bits per heavy atom. The molecule has 17 heavy (non-hydrogen) atoms. The molecule has 1 aliphatic rings. The van der Waals surface area contributed by atoms with Gasteiger partial charge in [0.1, 0.15) is 0 Å². The van der Waals surface area contributed by atoms with Crippen LogP contribution in [0.2, 0.25) is 0 Å². The third-order valence-corrected chi connectivity index (χ3v) is 2.92. The molecule has 90 valence electrons. The largest absolute Gasteiger partial charge is 0.409 e. The molecule has 0 radical (unpaired) electrons. The van der Waals surface area contributed by atoms with Gasteiger partial charge in [0.2, 0.25) is 0 Å². The molecule has 0 fully saturated rings. The molecule has 1 amide bonds. The Bertz CT molecular complexity index is 469. The van der Waals surface area contributed by atoms with E-state index < -0.39 is 0 Å². The summed E-state index contributed by atoms with van der Waals surface area (Å²) in [6, 6.07) is 5.73. The van der Waals surface area contributed by atoms with Crippen LogP contribution in [0.1, 0.15) is 27.9 Å². The molecule has 1 aromatic carbocycles. The average molecular weight is 233 g/mol. The van der Waals surface area contributed by atoms with Crippen molar-refractivity contribution in [2.24, 2.45) is 10.9 Å². The summed E-state index contributed by atoms with van der Waals surface area (Å²) in [4.78, 5) is 11.8. The van der Waals surface area contributed by atoms with Crippen molar-refractivity contribution in [1.29, 1.82) is 0 Å². The Labute approximate surface area is 99.3 Å². The van der Waals surface area contributed by atoms with Gasteiger partial charge in [-0.1, -0.05) is 11.2 Å². The van der Waals surface area contributed by atoms with Crippen molar-refractivity contribution in [2.45, 2.75) is 19.3 Å². The van der Waals surface area contributed by atoms with Gasteiger partial charge in [0.15, 0.2) is 5.84 Å². The normalized spacial score (nSPS) is 14.5. The first kappa shape index (κ1) is 11.4. The van der Waals surface area contributed by atoms with E-state index in [2.05, 4.69) is 10.5 Å². The van der Waals surface area contributed by atoms with Gasteiger partial charge in [-0.15, -0.1) is 0 Å². The first-order chi connectivity index (χ1) is 8.20. The van der Waals surface area contributed by atoms with Crippen molar-refractivity contribution >= 4 is 11.7 Å². The van der Waals surface area contributed by atoms with Crippen molar-refractivity contribution in [3.05, 3.63) is 34.9 Å². The molecule has 0 aliphatic heterocycles. The van der Waals surface area contributed by atoms with Crippen molar-refractivity contribution < 1.29 is 10.0 Å². The lowest BCUT2D eigenvalue weighted by Gasteiger charge is -2.06. The molecule has 1 aliphatic carbocycles. The molecule has 2 rings (SSSR count). The predicted molar refractivity (Wildman–Crippen MR) is 64.2 cm³/mol. The van der Waals surface area contributed by atoms with Gasteiger partial charge in [-0.05, 0) is 42.5 Å². The molecule has 0 unspecified atom stereocenters. The molecule has 4 N–H and O–H groups in total. The maximum absolute atomic E-state index is 11.8. The number of carbonyl (C=O) groups excluding carboxylic acids is 1. The van der Waals surface area contributed by atoms with Gasteiger partial charge in [-0.25, -0.2) is 0 Å². The Morgan fingerprint density at radius 1 is 1.41 bits per heavy atom. The number of nitrogens with one attached hydrogen (secondary N) is 1. The van der Waals surface area contributed by atoms with Crippen LogP contribution in [0.25, 0.3) is 0 Å². The van der Waals surface area contributed by atoms with Crippen LogP contribution >= 0.6 is 0 Å². The summed E-state index contributed by atoms with van der Waals surface area (Å²) in [5.41, 5.74) is 8.48. The molecular formula is C12H15N3O2. The van der Waals surface area contributed by atoms with Crippen molar-refractivity contribution in [2.75, 3.05) is 6.54 Å². The second-order valence-corrected chi connectivity index (χ2v) is 4.11. The fourth-order valence-electron chi connectivity index (χ4n) is 2.02. The van der Waals surface area contributed by atoms with Gasteiger partial charge in [0.25, 0.3) is 5.91 Å². The summed E-state index contributed by atoms with van der Waals surface area (Å²) in [6.07, 6.45) is 3.29. The quantitative estimate of drug-likeness (QED) is 0.310. The number of oxime groups is 1. The minimum atomic E-state index is -0.202. The van der Waals surface area contributed by atoms with Crippen molar-refractivity contribution in [1.82, 2.24) is 5.32 Å². The van der Waals surface area contributed by atoms with Gasteiger partial charge < -0.3 is 16.3 Å². The second kappa shape index (κ2) is 4.86. The van der Waals surface area contributed by atoms with Crippen LogP contribution in [0.3, 0.4) is 0 Å². The van der Waals surface area contributed by atoms with E-state index in [-0.39, 0.29) is 18.3 Å². The van der Waals surface area contributed by atoms with E-state index in [0.717, 1.165) is 19.3 Å². The fraction of sp³-hybridized carbons (Fsp3) is 0.333. The summed E-state index contributed by atoms with van der Waals surface area (Å²) in [7, 11) is 0. The van der Waals surface area contributed by atoms with E-state index in [1.807, 2.05) is 18.2 Å². The lowest BCUT2D eigenvalue weighted by atomic mass is 10.1. The Morgan fingerprint density at radius 3 is 2.94 bits per heavy atom. The topological polar surface area (TPSA) is 87.7 Å². The number of aryl methyl sites for hydroxylation is 2. The molecule has 0 spiro atoms. The van der Waals surface area contributed by atoms with Gasteiger partial charge >= 0.3 is 0 Å². The van der Waals surface area contributed by atoms with Gasteiger partial charge in [-0.3, -0.25) is 4.79 Å². The molecule has 5 heteroatoms. The number of hydrogen-bond acceptors (Lipinski definition) is 3. The number of benzene rings is 1. The number of amidine groups is 1. The number of amides is 1. The second-order valence-electron chi connectivity index (χ2n) is 4.11. The van der Waals surface area contributed by atoms with Crippen LogP contribution in [0, 0.1) is 0 Å². The first-order valence-electron chi connectivity index (χ1n) is 5.57. The SMILES string of the molecule is N/C(CNC(=O)c1ccc2c(c1)CCC2)=N\O. The summed E-state index contributed by atoms with van der Waals surface area (Å²) >= 11 is 0. The van der Waals surface area contributed by atoms with E-state index in [1.165, 1.54) is 11.1 Å². The zero-order valence-electron chi connectivity index (χ0n) is 9.44. The predicted octanol–water partition coefficient (Wildman–Crippen LogP) is 0.651. The number of nitrogens with zero attached hydrogens (tertiary/aromatic N) is 1. The number of hydrogen-bond donors (Lipinski definition) is 3. The van der Waals surface area contributed by atoms with Crippen molar-refractivity contribution in [3.8, 4) is 0 Å². The molecule has 0 atom stereocenters. The Hall–Kier alpha value is -2.04. The highest BCUT2D eigenvalue weighted by Gasteiger charge is 2.13.